The SMILES string of the molecule is CN=C(NCc1noc(C(C)(C)C)n1)NCC(C)(C)c1ccccc1. The number of benzene rings is 1. The van der Waals surface area contributed by atoms with Crippen molar-refractivity contribution < 1.29 is 4.52 Å². The maximum absolute atomic E-state index is 5.31. The van der Waals surface area contributed by atoms with Crippen molar-refractivity contribution in [1.82, 2.24) is 20.8 Å². The summed E-state index contributed by atoms with van der Waals surface area (Å²) in [6, 6.07) is 10.4. The van der Waals surface area contributed by atoms with E-state index in [0.29, 0.717) is 24.2 Å². The second kappa shape index (κ2) is 7.68. The Hall–Kier alpha value is -2.37. The zero-order valence-electron chi connectivity index (χ0n) is 16.1. The van der Waals surface area contributed by atoms with Crippen molar-refractivity contribution in [2.24, 2.45) is 4.99 Å². The van der Waals surface area contributed by atoms with Gasteiger partial charge in [-0.25, -0.2) is 0 Å². The zero-order chi connectivity index (χ0) is 18.5. The van der Waals surface area contributed by atoms with Gasteiger partial charge in [0.1, 0.15) is 0 Å². The summed E-state index contributed by atoms with van der Waals surface area (Å²) in [7, 11) is 1.75. The van der Waals surface area contributed by atoms with Crippen LogP contribution in [0.4, 0.5) is 0 Å². The van der Waals surface area contributed by atoms with E-state index in [1.54, 1.807) is 7.05 Å². The van der Waals surface area contributed by atoms with Gasteiger partial charge in [0.25, 0.3) is 0 Å². The van der Waals surface area contributed by atoms with Crippen molar-refractivity contribution in [3.63, 3.8) is 0 Å². The second-order valence-electron chi connectivity index (χ2n) is 7.79. The molecule has 2 N–H and O–H groups in total. The molecule has 1 aromatic heterocycles. The molecule has 1 aromatic carbocycles. The van der Waals surface area contributed by atoms with Gasteiger partial charge in [0.2, 0.25) is 5.89 Å². The van der Waals surface area contributed by atoms with Crippen molar-refractivity contribution in [2.75, 3.05) is 13.6 Å². The topological polar surface area (TPSA) is 75.3 Å². The number of nitrogens with zero attached hydrogens (tertiary/aromatic N) is 3. The monoisotopic (exact) mass is 343 g/mol. The van der Waals surface area contributed by atoms with Crippen LogP contribution < -0.4 is 10.6 Å². The third-order valence-corrected chi connectivity index (χ3v) is 4.00. The average molecular weight is 343 g/mol. The molecule has 0 fully saturated rings. The Bertz CT molecular complexity index is 698. The van der Waals surface area contributed by atoms with Gasteiger partial charge in [-0.1, -0.05) is 70.1 Å². The number of guanidine groups is 1. The molecule has 0 aliphatic heterocycles. The van der Waals surface area contributed by atoms with E-state index in [1.807, 2.05) is 26.8 Å². The van der Waals surface area contributed by atoms with Gasteiger partial charge in [-0.2, -0.15) is 4.98 Å². The van der Waals surface area contributed by atoms with E-state index in [4.69, 9.17) is 4.52 Å². The van der Waals surface area contributed by atoms with Gasteiger partial charge in [0, 0.05) is 24.4 Å². The number of aromatic nitrogens is 2. The molecular weight excluding hydrogens is 314 g/mol. The summed E-state index contributed by atoms with van der Waals surface area (Å²) >= 11 is 0. The molecule has 1 heterocycles. The summed E-state index contributed by atoms with van der Waals surface area (Å²) < 4.78 is 5.31. The van der Waals surface area contributed by atoms with Crippen molar-refractivity contribution in [1.29, 1.82) is 0 Å². The highest BCUT2D eigenvalue weighted by molar-refractivity contribution is 5.79. The van der Waals surface area contributed by atoms with E-state index in [0.717, 1.165) is 6.54 Å². The molecule has 2 rings (SSSR count). The lowest BCUT2D eigenvalue weighted by Gasteiger charge is -2.26. The summed E-state index contributed by atoms with van der Waals surface area (Å²) in [5, 5.41) is 10.6. The predicted molar refractivity (Wildman–Crippen MR) is 101 cm³/mol. The Balaban J connectivity index is 1.90. The normalized spacial score (nSPS) is 13.0. The first-order chi connectivity index (χ1) is 11.7. The Labute approximate surface area is 150 Å². The lowest BCUT2D eigenvalue weighted by atomic mass is 9.85. The van der Waals surface area contributed by atoms with Crippen LogP contribution in [0.2, 0.25) is 0 Å². The Morgan fingerprint density at radius 2 is 1.76 bits per heavy atom. The fourth-order valence-corrected chi connectivity index (χ4v) is 2.31. The molecular formula is C19H29N5O. The number of aliphatic imine (C=N–C) groups is 1. The van der Waals surface area contributed by atoms with Crippen LogP contribution in [0.3, 0.4) is 0 Å². The summed E-state index contributed by atoms with van der Waals surface area (Å²) in [6.07, 6.45) is 0. The van der Waals surface area contributed by atoms with Crippen LogP contribution in [0.5, 0.6) is 0 Å². The quantitative estimate of drug-likeness (QED) is 0.645. The molecule has 0 amide bonds. The Morgan fingerprint density at radius 1 is 1.08 bits per heavy atom. The maximum Gasteiger partial charge on any atom is 0.232 e. The fraction of sp³-hybridized carbons (Fsp3) is 0.526. The molecule has 6 nitrogen and oxygen atoms in total. The number of hydrogen-bond acceptors (Lipinski definition) is 4. The highest BCUT2D eigenvalue weighted by atomic mass is 16.5. The molecule has 0 saturated heterocycles. The van der Waals surface area contributed by atoms with Gasteiger partial charge in [-0.05, 0) is 5.56 Å². The fourth-order valence-electron chi connectivity index (χ4n) is 2.31. The summed E-state index contributed by atoms with van der Waals surface area (Å²) in [5.41, 5.74) is 1.13. The third kappa shape index (κ3) is 5.31. The first-order valence-corrected chi connectivity index (χ1v) is 8.55. The molecule has 0 radical (unpaired) electrons. The molecule has 0 spiro atoms. The molecule has 0 aliphatic carbocycles. The Morgan fingerprint density at radius 3 is 2.32 bits per heavy atom. The minimum Gasteiger partial charge on any atom is -0.356 e. The molecule has 0 bridgehead atoms. The third-order valence-electron chi connectivity index (χ3n) is 4.00. The van der Waals surface area contributed by atoms with E-state index in [2.05, 4.69) is 63.9 Å². The van der Waals surface area contributed by atoms with Crippen LogP contribution in [0.25, 0.3) is 0 Å². The minimum absolute atomic E-state index is 0.00950. The number of hydrogen-bond donors (Lipinski definition) is 2. The standard InChI is InChI=1S/C19H29N5O/c1-18(2,3)16-23-15(24-25-16)12-21-17(20-6)22-13-19(4,5)14-10-8-7-9-11-14/h7-11H,12-13H2,1-6H3,(H2,20,21,22). The van der Waals surface area contributed by atoms with Crippen LogP contribution in [0.15, 0.2) is 39.8 Å². The lowest BCUT2D eigenvalue weighted by Crippen LogP contribution is -2.43. The highest BCUT2D eigenvalue weighted by Gasteiger charge is 2.22. The van der Waals surface area contributed by atoms with Crippen molar-refractivity contribution in [3.8, 4) is 0 Å². The molecule has 2 aromatic rings. The maximum atomic E-state index is 5.31. The smallest absolute Gasteiger partial charge is 0.232 e. The first-order valence-electron chi connectivity index (χ1n) is 8.55. The van der Waals surface area contributed by atoms with E-state index < -0.39 is 0 Å². The van der Waals surface area contributed by atoms with Crippen LogP contribution in [0, 0.1) is 0 Å². The minimum atomic E-state index is -0.148. The predicted octanol–water partition coefficient (Wildman–Crippen LogP) is 3.01. The number of nitrogens with one attached hydrogen (secondary N) is 2. The molecule has 0 atom stereocenters. The van der Waals surface area contributed by atoms with Crippen LogP contribution in [0.1, 0.15) is 51.9 Å². The van der Waals surface area contributed by atoms with E-state index in [-0.39, 0.29) is 10.8 Å². The molecule has 136 valence electrons. The number of rotatable bonds is 5. The van der Waals surface area contributed by atoms with Gasteiger partial charge in [0.15, 0.2) is 11.8 Å². The molecule has 25 heavy (non-hydrogen) atoms. The van der Waals surface area contributed by atoms with Gasteiger partial charge >= 0.3 is 0 Å². The molecule has 0 unspecified atom stereocenters. The van der Waals surface area contributed by atoms with E-state index in [9.17, 15) is 0 Å². The van der Waals surface area contributed by atoms with Gasteiger partial charge in [-0.15, -0.1) is 0 Å². The van der Waals surface area contributed by atoms with Crippen LogP contribution >= 0.6 is 0 Å². The van der Waals surface area contributed by atoms with Crippen LogP contribution in [-0.4, -0.2) is 29.7 Å². The average Bonchev–Trinajstić information content (AvgIpc) is 3.05. The summed E-state index contributed by atoms with van der Waals surface area (Å²) in [5.74, 6) is 1.97. The summed E-state index contributed by atoms with van der Waals surface area (Å²) in [4.78, 5) is 8.68. The van der Waals surface area contributed by atoms with Gasteiger partial charge in [0.05, 0.1) is 6.54 Å². The first kappa shape index (κ1) is 19.0. The second-order valence-corrected chi connectivity index (χ2v) is 7.79. The highest BCUT2D eigenvalue weighted by Crippen LogP contribution is 2.21. The molecule has 0 saturated carbocycles. The Kier molecular flexibility index (Phi) is 5.82. The molecule has 6 heteroatoms. The van der Waals surface area contributed by atoms with Crippen molar-refractivity contribution in [2.45, 2.75) is 52.0 Å². The zero-order valence-corrected chi connectivity index (χ0v) is 16.1. The summed E-state index contributed by atoms with van der Waals surface area (Å²) in [6.45, 7) is 11.8. The lowest BCUT2D eigenvalue weighted by molar-refractivity contribution is 0.318. The van der Waals surface area contributed by atoms with Crippen LogP contribution in [-0.2, 0) is 17.4 Å². The molecule has 0 aliphatic rings. The van der Waals surface area contributed by atoms with E-state index >= 15 is 0 Å². The van der Waals surface area contributed by atoms with Crippen molar-refractivity contribution >= 4 is 5.96 Å². The van der Waals surface area contributed by atoms with Crippen molar-refractivity contribution in [3.05, 3.63) is 47.6 Å². The largest absolute Gasteiger partial charge is 0.356 e. The van der Waals surface area contributed by atoms with E-state index in [1.165, 1.54) is 5.56 Å². The van der Waals surface area contributed by atoms with Gasteiger partial charge in [-0.3, -0.25) is 4.99 Å². The van der Waals surface area contributed by atoms with Gasteiger partial charge < -0.3 is 15.2 Å².